The van der Waals surface area contributed by atoms with E-state index in [4.69, 9.17) is 5.73 Å². The minimum absolute atomic E-state index is 0.138. The van der Waals surface area contributed by atoms with Crippen molar-refractivity contribution in [1.82, 2.24) is 10.3 Å². The average Bonchev–Trinajstić information content (AvgIpc) is 2.66. The lowest BCUT2D eigenvalue weighted by molar-refractivity contribution is -0.123. The Bertz CT molecular complexity index is 701. The predicted octanol–water partition coefficient (Wildman–Crippen LogP) is 2.32. The molecular weight excluding hydrogens is 316 g/mol. The Balaban J connectivity index is 1.89. The van der Waals surface area contributed by atoms with Crippen LogP contribution in [0.25, 0.3) is 0 Å². The van der Waals surface area contributed by atoms with Crippen LogP contribution in [0.3, 0.4) is 0 Å². The molecular formula is C19H24N4O2. The van der Waals surface area contributed by atoms with Crippen molar-refractivity contribution in [3.63, 3.8) is 0 Å². The summed E-state index contributed by atoms with van der Waals surface area (Å²) < 4.78 is 0. The number of amides is 2. The highest BCUT2D eigenvalue weighted by Gasteiger charge is 2.18. The fourth-order valence-electron chi connectivity index (χ4n) is 2.23. The number of nitrogens with zero attached hydrogens (tertiary/aromatic N) is 1. The number of hydrogen-bond acceptors (Lipinski definition) is 4. The van der Waals surface area contributed by atoms with Gasteiger partial charge in [0.25, 0.3) is 5.91 Å². The second-order valence-corrected chi connectivity index (χ2v) is 6.02. The van der Waals surface area contributed by atoms with E-state index in [9.17, 15) is 9.59 Å². The summed E-state index contributed by atoms with van der Waals surface area (Å²) in [6, 6.07) is 10.0. The van der Waals surface area contributed by atoms with Crippen molar-refractivity contribution in [3.05, 3.63) is 59.9 Å². The summed E-state index contributed by atoms with van der Waals surface area (Å²) in [7, 11) is 0. The van der Waals surface area contributed by atoms with Crippen LogP contribution in [0.2, 0.25) is 0 Å². The van der Waals surface area contributed by atoms with Gasteiger partial charge in [-0.05, 0) is 35.7 Å². The zero-order valence-electron chi connectivity index (χ0n) is 14.5. The number of pyridine rings is 1. The lowest BCUT2D eigenvalue weighted by Crippen LogP contribution is -2.44. The fourth-order valence-corrected chi connectivity index (χ4v) is 2.23. The SMILES string of the molecule is CCC(C)C(N)C(=O)NCc1ccc(C(=O)Nc2ccncc2)cc1. The van der Waals surface area contributed by atoms with Crippen LogP contribution in [-0.4, -0.2) is 22.8 Å². The Kier molecular flexibility index (Phi) is 6.65. The average molecular weight is 340 g/mol. The van der Waals surface area contributed by atoms with Crippen molar-refractivity contribution >= 4 is 17.5 Å². The van der Waals surface area contributed by atoms with Crippen molar-refractivity contribution in [2.75, 3.05) is 5.32 Å². The van der Waals surface area contributed by atoms with E-state index in [1.807, 2.05) is 26.0 Å². The van der Waals surface area contributed by atoms with E-state index in [2.05, 4.69) is 15.6 Å². The molecule has 6 nitrogen and oxygen atoms in total. The van der Waals surface area contributed by atoms with Gasteiger partial charge in [-0.3, -0.25) is 14.6 Å². The van der Waals surface area contributed by atoms with Gasteiger partial charge in [0.1, 0.15) is 0 Å². The first-order valence-electron chi connectivity index (χ1n) is 8.35. The molecule has 0 aliphatic rings. The van der Waals surface area contributed by atoms with Gasteiger partial charge in [0.2, 0.25) is 5.91 Å². The Morgan fingerprint density at radius 3 is 2.36 bits per heavy atom. The zero-order valence-corrected chi connectivity index (χ0v) is 14.5. The van der Waals surface area contributed by atoms with Crippen LogP contribution in [0.5, 0.6) is 0 Å². The smallest absolute Gasteiger partial charge is 0.255 e. The second kappa shape index (κ2) is 8.94. The standard InChI is InChI=1S/C19H24N4O2/c1-3-13(2)17(20)19(25)22-12-14-4-6-15(7-5-14)18(24)23-16-8-10-21-11-9-16/h4-11,13,17H,3,12,20H2,1-2H3,(H,22,25)(H,21,23,24). The van der Waals surface area contributed by atoms with Crippen molar-refractivity contribution < 1.29 is 9.59 Å². The number of nitrogens with one attached hydrogen (secondary N) is 2. The molecule has 0 spiro atoms. The molecule has 2 unspecified atom stereocenters. The van der Waals surface area contributed by atoms with Crippen LogP contribution in [0, 0.1) is 5.92 Å². The largest absolute Gasteiger partial charge is 0.351 e. The van der Waals surface area contributed by atoms with Gasteiger partial charge in [0, 0.05) is 30.2 Å². The van der Waals surface area contributed by atoms with Crippen LogP contribution in [0.15, 0.2) is 48.8 Å². The van der Waals surface area contributed by atoms with E-state index in [1.54, 1.807) is 36.7 Å². The van der Waals surface area contributed by atoms with E-state index in [0.29, 0.717) is 17.8 Å². The summed E-state index contributed by atoms with van der Waals surface area (Å²) in [6.45, 7) is 4.35. The van der Waals surface area contributed by atoms with E-state index in [-0.39, 0.29) is 17.7 Å². The van der Waals surface area contributed by atoms with Gasteiger partial charge < -0.3 is 16.4 Å². The molecule has 1 aromatic carbocycles. The minimum Gasteiger partial charge on any atom is -0.351 e. The van der Waals surface area contributed by atoms with E-state index in [0.717, 1.165) is 12.0 Å². The second-order valence-electron chi connectivity index (χ2n) is 6.02. The van der Waals surface area contributed by atoms with E-state index >= 15 is 0 Å². The summed E-state index contributed by atoms with van der Waals surface area (Å²) in [5, 5.41) is 5.63. The van der Waals surface area contributed by atoms with Gasteiger partial charge in [-0.15, -0.1) is 0 Å². The molecule has 0 saturated heterocycles. The molecule has 0 fully saturated rings. The number of carbonyl (C=O) groups excluding carboxylic acids is 2. The van der Waals surface area contributed by atoms with Crippen molar-refractivity contribution in [1.29, 1.82) is 0 Å². The van der Waals surface area contributed by atoms with Crippen LogP contribution in [0.4, 0.5) is 5.69 Å². The highest BCUT2D eigenvalue weighted by molar-refractivity contribution is 6.04. The molecule has 2 atom stereocenters. The summed E-state index contributed by atoms with van der Waals surface area (Å²) in [5.74, 6) is -0.214. The van der Waals surface area contributed by atoms with Gasteiger partial charge in [0.15, 0.2) is 0 Å². The zero-order chi connectivity index (χ0) is 18.2. The Labute approximate surface area is 147 Å². The highest BCUT2D eigenvalue weighted by atomic mass is 16.2. The number of nitrogens with two attached hydrogens (primary N) is 1. The van der Waals surface area contributed by atoms with Crippen LogP contribution in [0.1, 0.15) is 36.2 Å². The molecule has 4 N–H and O–H groups in total. The summed E-state index contributed by atoms with van der Waals surface area (Å²) in [4.78, 5) is 28.1. The molecule has 132 valence electrons. The summed E-state index contributed by atoms with van der Waals surface area (Å²) in [6.07, 6.45) is 4.09. The van der Waals surface area contributed by atoms with Gasteiger partial charge >= 0.3 is 0 Å². The van der Waals surface area contributed by atoms with Gasteiger partial charge in [-0.25, -0.2) is 0 Å². The Morgan fingerprint density at radius 2 is 1.76 bits per heavy atom. The van der Waals surface area contributed by atoms with Crippen LogP contribution < -0.4 is 16.4 Å². The maximum atomic E-state index is 12.2. The lowest BCUT2D eigenvalue weighted by atomic mass is 9.99. The van der Waals surface area contributed by atoms with Gasteiger partial charge in [-0.1, -0.05) is 32.4 Å². The first kappa shape index (κ1) is 18.6. The van der Waals surface area contributed by atoms with Crippen molar-refractivity contribution in [2.45, 2.75) is 32.9 Å². The summed E-state index contributed by atoms with van der Waals surface area (Å²) in [5.41, 5.74) is 8.05. The topological polar surface area (TPSA) is 97.1 Å². The molecule has 2 amide bonds. The molecule has 0 aliphatic heterocycles. The molecule has 2 aromatic rings. The van der Waals surface area contributed by atoms with Gasteiger partial charge in [0.05, 0.1) is 6.04 Å². The predicted molar refractivity (Wildman–Crippen MR) is 97.9 cm³/mol. The number of benzene rings is 1. The normalized spacial score (nSPS) is 12.9. The minimum atomic E-state index is -0.504. The molecule has 25 heavy (non-hydrogen) atoms. The quantitative estimate of drug-likeness (QED) is 0.720. The van der Waals surface area contributed by atoms with E-state index < -0.39 is 6.04 Å². The lowest BCUT2D eigenvalue weighted by Gasteiger charge is -2.17. The van der Waals surface area contributed by atoms with Gasteiger partial charge in [-0.2, -0.15) is 0 Å². The van der Waals surface area contributed by atoms with E-state index in [1.165, 1.54) is 0 Å². The molecule has 0 aliphatic carbocycles. The number of rotatable bonds is 7. The first-order chi connectivity index (χ1) is 12.0. The highest BCUT2D eigenvalue weighted by Crippen LogP contribution is 2.10. The number of anilines is 1. The molecule has 2 rings (SSSR count). The Hall–Kier alpha value is -2.73. The molecule has 1 aromatic heterocycles. The first-order valence-corrected chi connectivity index (χ1v) is 8.35. The molecule has 0 saturated carbocycles. The molecule has 6 heteroatoms. The third-order valence-corrected chi connectivity index (χ3v) is 4.18. The molecule has 0 bridgehead atoms. The van der Waals surface area contributed by atoms with Crippen molar-refractivity contribution in [2.24, 2.45) is 11.7 Å². The van der Waals surface area contributed by atoms with Crippen LogP contribution in [-0.2, 0) is 11.3 Å². The summed E-state index contributed by atoms with van der Waals surface area (Å²) >= 11 is 0. The third-order valence-electron chi connectivity index (χ3n) is 4.18. The van der Waals surface area contributed by atoms with Crippen LogP contribution >= 0.6 is 0 Å². The third kappa shape index (κ3) is 5.39. The fraction of sp³-hybridized carbons (Fsp3) is 0.316. The monoisotopic (exact) mass is 340 g/mol. The number of carbonyl (C=O) groups is 2. The molecule has 0 radical (unpaired) electrons. The maximum absolute atomic E-state index is 12.2. The molecule has 1 heterocycles. The number of hydrogen-bond donors (Lipinski definition) is 3. The number of aromatic nitrogens is 1. The maximum Gasteiger partial charge on any atom is 0.255 e. The Morgan fingerprint density at radius 1 is 1.12 bits per heavy atom. The van der Waals surface area contributed by atoms with Crippen molar-refractivity contribution in [3.8, 4) is 0 Å².